The second-order valence-corrected chi connectivity index (χ2v) is 6.37. The van der Waals surface area contributed by atoms with Gasteiger partial charge in [0.15, 0.2) is 0 Å². The van der Waals surface area contributed by atoms with Crippen molar-refractivity contribution in [3.05, 3.63) is 59.2 Å². The number of primary sulfonamides is 1. The quantitative estimate of drug-likeness (QED) is 0.816. The van der Waals surface area contributed by atoms with Crippen LogP contribution < -0.4 is 10.5 Å². The van der Waals surface area contributed by atoms with E-state index < -0.39 is 38.3 Å². The number of hydrogen-bond donors (Lipinski definition) is 2. The third-order valence-electron chi connectivity index (χ3n) is 3.08. The average molecular weight is 366 g/mol. The molecular weight excluding hydrogens is 355 g/mol. The van der Waals surface area contributed by atoms with E-state index in [1.165, 1.54) is 0 Å². The van der Waals surface area contributed by atoms with Gasteiger partial charge in [-0.25, -0.2) is 22.3 Å². The van der Waals surface area contributed by atoms with Gasteiger partial charge in [-0.2, -0.15) is 13.2 Å². The molecule has 3 N–H and O–H groups in total. The maximum absolute atomic E-state index is 13.5. The van der Waals surface area contributed by atoms with Crippen LogP contribution in [0.3, 0.4) is 0 Å². The fourth-order valence-corrected chi connectivity index (χ4v) is 2.72. The predicted molar refractivity (Wildman–Crippen MR) is 76.5 cm³/mol. The molecule has 0 bridgehead atoms. The molecule has 0 unspecified atom stereocenters. The molecule has 0 radical (unpaired) electrons. The molecule has 0 heterocycles. The van der Waals surface area contributed by atoms with Crippen LogP contribution in [0.5, 0.6) is 0 Å². The summed E-state index contributed by atoms with van der Waals surface area (Å²) >= 11 is 0. The van der Waals surface area contributed by atoms with E-state index in [4.69, 9.17) is 5.14 Å². The summed E-state index contributed by atoms with van der Waals surface area (Å²) < 4.78 is 88.0. The van der Waals surface area contributed by atoms with Crippen LogP contribution in [0.4, 0.5) is 27.6 Å². The number of anilines is 1. The zero-order chi connectivity index (χ0) is 18.1. The number of halogens is 5. The lowest BCUT2D eigenvalue weighted by Crippen LogP contribution is -2.19. The van der Waals surface area contributed by atoms with Gasteiger partial charge in [0.05, 0.1) is 10.5 Å². The number of hydrogen-bond acceptors (Lipinski definition) is 3. The van der Waals surface area contributed by atoms with E-state index >= 15 is 0 Å². The summed E-state index contributed by atoms with van der Waals surface area (Å²) in [6, 6.07) is 4.97. The summed E-state index contributed by atoms with van der Waals surface area (Å²) in [7, 11) is -4.57. The minimum absolute atomic E-state index is 0.0981. The molecular formula is C14H11F5N2O2S. The van der Waals surface area contributed by atoms with Crippen molar-refractivity contribution in [3.8, 4) is 0 Å². The molecule has 0 aliphatic heterocycles. The first-order chi connectivity index (χ1) is 11.0. The van der Waals surface area contributed by atoms with Crippen molar-refractivity contribution in [2.45, 2.75) is 17.6 Å². The maximum Gasteiger partial charge on any atom is 0.417 e. The highest BCUT2D eigenvalue weighted by Crippen LogP contribution is 2.35. The summed E-state index contributed by atoms with van der Waals surface area (Å²) in [6.07, 6.45) is -4.95. The lowest BCUT2D eigenvalue weighted by Gasteiger charge is -2.14. The first-order valence-electron chi connectivity index (χ1n) is 6.40. The Hall–Kier alpha value is -2.20. The Kier molecular flexibility index (Phi) is 4.81. The summed E-state index contributed by atoms with van der Waals surface area (Å²) in [4.78, 5) is -1.07. The van der Waals surface area contributed by atoms with Gasteiger partial charge < -0.3 is 5.32 Å². The molecule has 130 valence electrons. The number of nitrogens with two attached hydrogens (primary N) is 1. The highest BCUT2D eigenvalue weighted by molar-refractivity contribution is 7.89. The molecule has 2 aromatic carbocycles. The second-order valence-electron chi connectivity index (χ2n) is 4.84. The molecule has 0 atom stereocenters. The van der Waals surface area contributed by atoms with Gasteiger partial charge in [0, 0.05) is 17.8 Å². The molecule has 2 aromatic rings. The Morgan fingerprint density at radius 3 is 2.29 bits per heavy atom. The highest BCUT2D eigenvalue weighted by atomic mass is 32.2. The Morgan fingerprint density at radius 1 is 1.04 bits per heavy atom. The molecule has 10 heteroatoms. The van der Waals surface area contributed by atoms with Crippen LogP contribution in [0, 0.1) is 11.6 Å². The lowest BCUT2D eigenvalue weighted by atomic mass is 10.1. The predicted octanol–water partition coefficient (Wildman–Crippen LogP) is 3.24. The minimum Gasteiger partial charge on any atom is -0.381 e. The van der Waals surface area contributed by atoms with E-state index in [9.17, 15) is 30.4 Å². The van der Waals surface area contributed by atoms with Crippen LogP contribution in [-0.2, 0) is 22.7 Å². The molecule has 24 heavy (non-hydrogen) atoms. The zero-order valence-corrected chi connectivity index (χ0v) is 12.7. The third kappa shape index (κ3) is 4.20. The van der Waals surface area contributed by atoms with Crippen LogP contribution in [0.1, 0.15) is 11.1 Å². The molecule has 0 saturated heterocycles. The monoisotopic (exact) mass is 366 g/mol. The zero-order valence-electron chi connectivity index (χ0n) is 11.9. The van der Waals surface area contributed by atoms with Crippen molar-refractivity contribution >= 4 is 15.7 Å². The van der Waals surface area contributed by atoms with Crippen LogP contribution in [0.2, 0.25) is 0 Å². The molecule has 0 spiro atoms. The van der Waals surface area contributed by atoms with Crippen molar-refractivity contribution < 1.29 is 30.4 Å². The van der Waals surface area contributed by atoms with Gasteiger partial charge in [0.2, 0.25) is 10.0 Å². The maximum atomic E-state index is 13.5. The van der Waals surface area contributed by atoms with Crippen LogP contribution in [0.25, 0.3) is 0 Å². The van der Waals surface area contributed by atoms with Gasteiger partial charge in [-0.15, -0.1) is 0 Å². The average Bonchev–Trinajstić information content (AvgIpc) is 2.46. The normalized spacial score (nSPS) is 12.2. The van der Waals surface area contributed by atoms with E-state index in [2.05, 4.69) is 5.32 Å². The van der Waals surface area contributed by atoms with Gasteiger partial charge >= 0.3 is 6.18 Å². The molecule has 0 aliphatic rings. The molecule has 0 saturated carbocycles. The Balaban J connectivity index is 2.34. The van der Waals surface area contributed by atoms with E-state index in [-0.39, 0.29) is 17.8 Å². The highest BCUT2D eigenvalue weighted by Gasteiger charge is 2.36. The van der Waals surface area contributed by atoms with E-state index in [1.807, 2.05) is 0 Å². The number of benzene rings is 2. The van der Waals surface area contributed by atoms with Crippen molar-refractivity contribution in [2.75, 3.05) is 5.32 Å². The first-order valence-corrected chi connectivity index (χ1v) is 7.95. The lowest BCUT2D eigenvalue weighted by molar-refractivity contribution is -0.139. The number of rotatable bonds is 4. The Morgan fingerprint density at radius 2 is 1.71 bits per heavy atom. The Bertz CT molecular complexity index is 866. The van der Waals surface area contributed by atoms with Gasteiger partial charge in [0.1, 0.15) is 11.6 Å². The SMILES string of the molecule is NS(=O)(=O)c1ccc(NCc2cc(F)ccc2F)cc1C(F)(F)F. The van der Waals surface area contributed by atoms with Gasteiger partial charge in [-0.05, 0) is 36.4 Å². The molecule has 0 aliphatic carbocycles. The van der Waals surface area contributed by atoms with Crippen LogP contribution >= 0.6 is 0 Å². The first kappa shape index (κ1) is 18.1. The van der Waals surface area contributed by atoms with E-state index in [0.29, 0.717) is 12.1 Å². The molecule has 0 amide bonds. The Labute approximate surface area is 134 Å². The topological polar surface area (TPSA) is 72.2 Å². The van der Waals surface area contributed by atoms with E-state index in [1.54, 1.807) is 0 Å². The summed E-state index contributed by atoms with van der Waals surface area (Å²) in [5.41, 5.74) is -1.67. The van der Waals surface area contributed by atoms with Crippen molar-refractivity contribution in [3.63, 3.8) is 0 Å². The van der Waals surface area contributed by atoms with Crippen LogP contribution in [0.15, 0.2) is 41.3 Å². The number of nitrogens with one attached hydrogen (secondary N) is 1. The molecule has 4 nitrogen and oxygen atoms in total. The fourth-order valence-electron chi connectivity index (χ4n) is 1.99. The standard InChI is InChI=1S/C14H11F5N2O2S/c15-9-1-3-12(16)8(5-9)7-21-10-2-4-13(24(20,22)23)11(6-10)14(17,18)19/h1-6,21H,7H2,(H2,20,22,23). The summed E-state index contributed by atoms with van der Waals surface area (Å²) in [5.74, 6) is -1.44. The molecule has 0 fully saturated rings. The van der Waals surface area contributed by atoms with E-state index in [0.717, 1.165) is 24.3 Å². The third-order valence-corrected chi connectivity index (χ3v) is 4.05. The largest absolute Gasteiger partial charge is 0.417 e. The van der Waals surface area contributed by atoms with Crippen LogP contribution in [-0.4, -0.2) is 8.42 Å². The fraction of sp³-hybridized carbons (Fsp3) is 0.143. The van der Waals surface area contributed by atoms with Gasteiger partial charge in [0.25, 0.3) is 0 Å². The smallest absolute Gasteiger partial charge is 0.381 e. The number of alkyl halides is 3. The minimum atomic E-state index is -4.95. The van der Waals surface area contributed by atoms with Gasteiger partial charge in [-0.1, -0.05) is 0 Å². The second kappa shape index (κ2) is 6.36. The molecule has 0 aromatic heterocycles. The van der Waals surface area contributed by atoms with Gasteiger partial charge in [-0.3, -0.25) is 0 Å². The van der Waals surface area contributed by atoms with Crippen molar-refractivity contribution in [1.29, 1.82) is 0 Å². The molecule has 2 rings (SSSR count). The number of sulfonamides is 1. The summed E-state index contributed by atoms with van der Waals surface area (Å²) in [5, 5.41) is 7.24. The van der Waals surface area contributed by atoms with Crippen molar-refractivity contribution in [2.24, 2.45) is 5.14 Å². The van der Waals surface area contributed by atoms with Crippen molar-refractivity contribution in [1.82, 2.24) is 0 Å². The summed E-state index contributed by atoms with van der Waals surface area (Å²) in [6.45, 7) is -0.296.